The zero-order chi connectivity index (χ0) is 11.0. The van der Waals surface area contributed by atoms with Crippen molar-refractivity contribution in [1.82, 2.24) is 5.32 Å². The summed E-state index contributed by atoms with van der Waals surface area (Å²) in [4.78, 5) is 0. The first-order chi connectivity index (χ1) is 6.58. The van der Waals surface area contributed by atoms with Crippen LogP contribution in [0.5, 0.6) is 0 Å². The van der Waals surface area contributed by atoms with Crippen molar-refractivity contribution in [3.63, 3.8) is 0 Å². The molecule has 0 aliphatic rings. The Bertz CT molecular complexity index is 142. The van der Waals surface area contributed by atoms with Crippen LogP contribution >= 0.6 is 0 Å². The van der Waals surface area contributed by atoms with Crippen LogP contribution in [-0.2, 0) is 8.85 Å². The van der Waals surface area contributed by atoms with Gasteiger partial charge in [-0.2, -0.15) is 0 Å². The largest absolute Gasteiger partial charge is 0.398 e. The Morgan fingerprint density at radius 3 is 2.36 bits per heavy atom. The van der Waals surface area contributed by atoms with E-state index in [2.05, 4.69) is 18.8 Å². The van der Waals surface area contributed by atoms with Crippen molar-refractivity contribution in [1.29, 1.82) is 0 Å². The third-order valence-electron chi connectivity index (χ3n) is 2.36. The summed E-state index contributed by atoms with van der Waals surface area (Å²) < 4.78 is 10.8. The van der Waals surface area contributed by atoms with Crippen molar-refractivity contribution >= 4 is 8.56 Å². The Labute approximate surface area is 87.9 Å². The smallest absolute Gasteiger partial charge is 0.334 e. The van der Waals surface area contributed by atoms with Gasteiger partial charge in [0.1, 0.15) is 0 Å². The van der Waals surface area contributed by atoms with Gasteiger partial charge in [-0.05, 0) is 25.1 Å². The number of aliphatic hydroxyl groups is 1. The third-order valence-corrected chi connectivity index (χ3v) is 5.53. The standard InChI is InChI=1S/C9H23NO3Si/c1-9(7-10-5-6-11)8-14(4,12-2)13-3/h9-11H,5-8H2,1-4H3. The second-order valence-electron chi connectivity index (χ2n) is 3.78. The highest BCUT2D eigenvalue weighted by Crippen LogP contribution is 2.17. The van der Waals surface area contributed by atoms with E-state index in [4.69, 9.17) is 14.0 Å². The lowest BCUT2D eigenvalue weighted by molar-refractivity contribution is 0.241. The van der Waals surface area contributed by atoms with Gasteiger partial charge in [-0.25, -0.2) is 0 Å². The molecule has 0 aliphatic carbocycles. The van der Waals surface area contributed by atoms with Crippen LogP contribution in [0, 0.1) is 5.92 Å². The number of rotatable bonds is 8. The molecule has 0 heterocycles. The molecule has 0 radical (unpaired) electrons. The average Bonchev–Trinajstić information content (AvgIpc) is 2.18. The van der Waals surface area contributed by atoms with Gasteiger partial charge in [-0.1, -0.05) is 6.92 Å². The van der Waals surface area contributed by atoms with Crippen molar-refractivity contribution in [2.45, 2.75) is 19.5 Å². The summed E-state index contributed by atoms with van der Waals surface area (Å²) in [5.74, 6) is 0.512. The van der Waals surface area contributed by atoms with E-state index in [1.807, 2.05) is 0 Å². The molecule has 1 unspecified atom stereocenters. The summed E-state index contributed by atoms with van der Waals surface area (Å²) in [6, 6.07) is 0.971. The minimum atomic E-state index is -1.92. The zero-order valence-corrected chi connectivity index (χ0v) is 10.7. The van der Waals surface area contributed by atoms with E-state index in [-0.39, 0.29) is 6.61 Å². The molecule has 0 aliphatic heterocycles. The zero-order valence-electron chi connectivity index (χ0n) is 9.67. The van der Waals surface area contributed by atoms with Crippen LogP contribution in [0.1, 0.15) is 6.92 Å². The molecular formula is C9H23NO3Si. The van der Waals surface area contributed by atoms with Crippen LogP contribution in [-0.4, -0.2) is 47.6 Å². The molecule has 0 spiro atoms. The molecule has 2 N–H and O–H groups in total. The molecule has 0 amide bonds. The normalized spacial score (nSPS) is 14.4. The van der Waals surface area contributed by atoms with Crippen LogP contribution in [0.15, 0.2) is 0 Å². The molecule has 0 bridgehead atoms. The summed E-state index contributed by atoms with van der Waals surface area (Å²) >= 11 is 0. The molecule has 86 valence electrons. The van der Waals surface area contributed by atoms with Crippen LogP contribution in [0.4, 0.5) is 0 Å². The molecule has 0 fully saturated rings. The lowest BCUT2D eigenvalue weighted by Crippen LogP contribution is -2.39. The fourth-order valence-corrected chi connectivity index (χ4v) is 3.29. The second-order valence-corrected chi connectivity index (χ2v) is 7.27. The molecular weight excluding hydrogens is 198 g/mol. The third kappa shape index (κ3) is 5.72. The quantitative estimate of drug-likeness (QED) is 0.465. The molecule has 0 saturated heterocycles. The summed E-state index contributed by atoms with van der Waals surface area (Å²) in [5, 5.41) is 11.8. The van der Waals surface area contributed by atoms with Crippen LogP contribution in [0.25, 0.3) is 0 Å². The Kier molecular flexibility index (Phi) is 7.39. The van der Waals surface area contributed by atoms with Gasteiger partial charge in [0.15, 0.2) is 0 Å². The molecule has 0 aromatic rings. The fraction of sp³-hybridized carbons (Fsp3) is 1.00. The topological polar surface area (TPSA) is 50.7 Å². The molecule has 0 rings (SSSR count). The van der Waals surface area contributed by atoms with Gasteiger partial charge in [0, 0.05) is 20.8 Å². The van der Waals surface area contributed by atoms with Crippen LogP contribution in [0.2, 0.25) is 12.6 Å². The first-order valence-electron chi connectivity index (χ1n) is 5.00. The second kappa shape index (κ2) is 7.36. The lowest BCUT2D eigenvalue weighted by Gasteiger charge is -2.26. The van der Waals surface area contributed by atoms with Gasteiger partial charge < -0.3 is 19.3 Å². The summed E-state index contributed by atoms with van der Waals surface area (Å²) in [6.45, 7) is 5.97. The van der Waals surface area contributed by atoms with Crippen molar-refractivity contribution in [2.24, 2.45) is 5.92 Å². The van der Waals surface area contributed by atoms with E-state index >= 15 is 0 Å². The van der Waals surface area contributed by atoms with Crippen LogP contribution < -0.4 is 5.32 Å². The van der Waals surface area contributed by atoms with E-state index in [0.717, 1.165) is 12.6 Å². The maximum Gasteiger partial charge on any atom is 0.334 e. The van der Waals surface area contributed by atoms with Gasteiger partial charge in [-0.15, -0.1) is 0 Å². The summed E-state index contributed by atoms with van der Waals surface area (Å²) in [6.07, 6.45) is 0. The minimum absolute atomic E-state index is 0.190. The van der Waals surface area contributed by atoms with E-state index in [1.165, 1.54) is 0 Å². The predicted octanol–water partition coefficient (Wildman–Crippen LogP) is 0.569. The molecule has 4 nitrogen and oxygen atoms in total. The maximum atomic E-state index is 8.60. The van der Waals surface area contributed by atoms with Gasteiger partial charge in [0.2, 0.25) is 0 Å². The lowest BCUT2D eigenvalue weighted by atomic mass is 10.2. The van der Waals surface area contributed by atoms with Crippen molar-refractivity contribution < 1.29 is 14.0 Å². The monoisotopic (exact) mass is 221 g/mol. The first-order valence-corrected chi connectivity index (χ1v) is 7.52. The summed E-state index contributed by atoms with van der Waals surface area (Å²) in [5.41, 5.74) is 0. The van der Waals surface area contributed by atoms with E-state index in [0.29, 0.717) is 12.5 Å². The molecule has 0 saturated carbocycles. The van der Waals surface area contributed by atoms with E-state index in [9.17, 15) is 0 Å². The highest BCUT2D eigenvalue weighted by Gasteiger charge is 2.30. The van der Waals surface area contributed by atoms with Crippen molar-refractivity contribution in [2.75, 3.05) is 33.9 Å². The highest BCUT2D eigenvalue weighted by molar-refractivity contribution is 6.65. The van der Waals surface area contributed by atoms with Gasteiger partial charge in [0.05, 0.1) is 6.61 Å². The van der Waals surface area contributed by atoms with E-state index < -0.39 is 8.56 Å². The predicted molar refractivity (Wildman–Crippen MR) is 59.6 cm³/mol. The van der Waals surface area contributed by atoms with Gasteiger partial charge >= 0.3 is 8.56 Å². The molecule has 0 aromatic carbocycles. The summed E-state index contributed by atoms with van der Waals surface area (Å²) in [7, 11) is 1.50. The van der Waals surface area contributed by atoms with Gasteiger partial charge in [-0.3, -0.25) is 0 Å². The fourth-order valence-electron chi connectivity index (χ4n) is 1.38. The number of hydrogen-bond acceptors (Lipinski definition) is 4. The average molecular weight is 221 g/mol. The Morgan fingerprint density at radius 2 is 1.93 bits per heavy atom. The van der Waals surface area contributed by atoms with Crippen molar-refractivity contribution in [3.05, 3.63) is 0 Å². The number of hydrogen-bond donors (Lipinski definition) is 2. The molecule has 14 heavy (non-hydrogen) atoms. The molecule has 1 atom stereocenters. The minimum Gasteiger partial charge on any atom is -0.398 e. The van der Waals surface area contributed by atoms with Gasteiger partial charge in [0.25, 0.3) is 0 Å². The van der Waals surface area contributed by atoms with Crippen molar-refractivity contribution in [3.8, 4) is 0 Å². The SMILES string of the molecule is CO[Si](C)(CC(C)CNCCO)OC. The number of aliphatic hydroxyl groups excluding tert-OH is 1. The number of nitrogens with one attached hydrogen (secondary N) is 1. The Morgan fingerprint density at radius 1 is 1.36 bits per heavy atom. The Hall–Kier alpha value is 0.0569. The molecule has 5 heteroatoms. The Balaban J connectivity index is 3.73. The molecule has 0 aromatic heterocycles. The van der Waals surface area contributed by atoms with E-state index in [1.54, 1.807) is 14.2 Å². The maximum absolute atomic E-state index is 8.60. The van der Waals surface area contributed by atoms with Crippen LogP contribution in [0.3, 0.4) is 0 Å². The first kappa shape index (κ1) is 14.1. The highest BCUT2D eigenvalue weighted by atomic mass is 28.4.